The van der Waals surface area contributed by atoms with Crippen LogP contribution in [0, 0.1) is 6.92 Å². The van der Waals surface area contributed by atoms with Crippen molar-refractivity contribution < 1.29 is 14.6 Å². The van der Waals surface area contributed by atoms with Crippen molar-refractivity contribution in [2.45, 2.75) is 39.7 Å². The summed E-state index contributed by atoms with van der Waals surface area (Å²) in [6.07, 6.45) is 0.808. The number of benzene rings is 1. The van der Waals surface area contributed by atoms with E-state index >= 15 is 0 Å². The van der Waals surface area contributed by atoms with Gasteiger partial charge in [0.2, 0.25) is 0 Å². The smallest absolute Gasteiger partial charge is 0.303 e. The zero-order valence-electron chi connectivity index (χ0n) is 11.5. The molecule has 1 heterocycles. The summed E-state index contributed by atoms with van der Waals surface area (Å²) in [5.41, 5.74) is 3.11. The number of aromatic amines is 1. The van der Waals surface area contributed by atoms with Crippen molar-refractivity contribution in [3.05, 3.63) is 29.5 Å². The number of rotatable bonds is 5. The Labute approximate surface area is 112 Å². The first-order valence-electron chi connectivity index (χ1n) is 6.47. The minimum Gasteiger partial charge on any atom is -0.491 e. The second kappa shape index (κ2) is 5.34. The van der Waals surface area contributed by atoms with Gasteiger partial charge in [0.1, 0.15) is 5.75 Å². The second-order valence-electron chi connectivity index (χ2n) is 5.00. The van der Waals surface area contributed by atoms with Crippen LogP contribution in [0.4, 0.5) is 0 Å². The number of carbonyl (C=O) groups is 1. The van der Waals surface area contributed by atoms with Crippen LogP contribution in [0.3, 0.4) is 0 Å². The summed E-state index contributed by atoms with van der Waals surface area (Å²) in [6.45, 7) is 5.99. The maximum Gasteiger partial charge on any atom is 0.303 e. The van der Waals surface area contributed by atoms with Crippen molar-refractivity contribution in [2.75, 3.05) is 0 Å². The van der Waals surface area contributed by atoms with Gasteiger partial charge in [-0.05, 0) is 51.0 Å². The highest BCUT2D eigenvalue weighted by molar-refractivity contribution is 5.86. The van der Waals surface area contributed by atoms with Gasteiger partial charge in [-0.15, -0.1) is 0 Å². The minimum absolute atomic E-state index is 0.142. The highest BCUT2D eigenvalue weighted by Crippen LogP contribution is 2.27. The third kappa shape index (κ3) is 3.08. The zero-order valence-corrected chi connectivity index (χ0v) is 11.5. The van der Waals surface area contributed by atoms with Crippen LogP contribution in [0.1, 0.15) is 31.5 Å². The Kier molecular flexibility index (Phi) is 3.79. The molecule has 0 aliphatic rings. The van der Waals surface area contributed by atoms with Gasteiger partial charge >= 0.3 is 5.97 Å². The first kappa shape index (κ1) is 13.5. The lowest BCUT2D eigenvalue weighted by Gasteiger charge is -2.09. The predicted octanol–water partition coefficient (Wildman–Crippen LogP) is 3.28. The number of hydrogen-bond acceptors (Lipinski definition) is 2. The van der Waals surface area contributed by atoms with E-state index < -0.39 is 5.97 Å². The molecule has 0 saturated carbocycles. The average molecular weight is 261 g/mol. The Balaban J connectivity index is 2.32. The molecule has 19 heavy (non-hydrogen) atoms. The molecule has 1 aromatic heterocycles. The van der Waals surface area contributed by atoms with E-state index in [1.165, 1.54) is 0 Å². The van der Waals surface area contributed by atoms with Crippen LogP contribution in [0.2, 0.25) is 0 Å². The molecule has 0 aliphatic heterocycles. The van der Waals surface area contributed by atoms with Crippen LogP contribution < -0.4 is 4.74 Å². The van der Waals surface area contributed by atoms with Gasteiger partial charge in [-0.2, -0.15) is 0 Å². The molecular weight excluding hydrogens is 242 g/mol. The van der Waals surface area contributed by atoms with E-state index in [4.69, 9.17) is 9.84 Å². The molecule has 0 amide bonds. The first-order chi connectivity index (χ1) is 8.97. The van der Waals surface area contributed by atoms with Gasteiger partial charge in [-0.3, -0.25) is 4.79 Å². The van der Waals surface area contributed by atoms with E-state index in [9.17, 15) is 4.79 Å². The van der Waals surface area contributed by atoms with E-state index in [0.717, 1.165) is 27.9 Å². The van der Waals surface area contributed by atoms with Crippen LogP contribution >= 0.6 is 0 Å². The van der Waals surface area contributed by atoms with E-state index in [1.807, 2.05) is 39.0 Å². The summed E-state index contributed by atoms with van der Waals surface area (Å²) >= 11 is 0. The van der Waals surface area contributed by atoms with Gasteiger partial charge in [0.25, 0.3) is 0 Å². The quantitative estimate of drug-likeness (QED) is 0.868. The number of carboxylic acids is 1. The summed E-state index contributed by atoms with van der Waals surface area (Å²) in [6, 6.07) is 5.91. The predicted molar refractivity (Wildman–Crippen MR) is 74.8 cm³/mol. The van der Waals surface area contributed by atoms with Gasteiger partial charge in [-0.25, -0.2) is 0 Å². The number of aliphatic carboxylic acids is 1. The standard InChI is InChI=1S/C15H19NO3/c1-9(2)19-11-4-5-14-12(8-11)10(3)13(16-14)6-7-15(17)18/h4-5,8-9,16H,6-7H2,1-3H3,(H,17,18). The largest absolute Gasteiger partial charge is 0.491 e. The SMILES string of the molecule is Cc1c(CCC(=O)O)[nH]c2ccc(OC(C)C)cc12. The molecule has 0 aliphatic carbocycles. The fraction of sp³-hybridized carbons (Fsp3) is 0.400. The van der Waals surface area contributed by atoms with Gasteiger partial charge in [-0.1, -0.05) is 0 Å². The van der Waals surface area contributed by atoms with E-state index in [1.54, 1.807) is 0 Å². The van der Waals surface area contributed by atoms with Crippen molar-refractivity contribution >= 4 is 16.9 Å². The molecular formula is C15H19NO3. The number of fused-ring (bicyclic) bond motifs is 1. The zero-order chi connectivity index (χ0) is 14.0. The average Bonchev–Trinajstić information content (AvgIpc) is 2.63. The fourth-order valence-corrected chi connectivity index (χ4v) is 2.19. The van der Waals surface area contributed by atoms with Crippen LogP contribution in [0.15, 0.2) is 18.2 Å². The molecule has 0 radical (unpaired) electrons. The lowest BCUT2D eigenvalue weighted by molar-refractivity contribution is -0.136. The summed E-state index contributed by atoms with van der Waals surface area (Å²) < 4.78 is 5.68. The molecule has 2 aromatic rings. The molecule has 4 heteroatoms. The van der Waals surface area contributed by atoms with Crippen LogP contribution in [-0.4, -0.2) is 22.2 Å². The number of ether oxygens (including phenoxy) is 1. The Bertz CT molecular complexity index is 599. The highest BCUT2D eigenvalue weighted by Gasteiger charge is 2.10. The van der Waals surface area contributed by atoms with Crippen LogP contribution in [0.5, 0.6) is 5.75 Å². The fourth-order valence-electron chi connectivity index (χ4n) is 2.19. The van der Waals surface area contributed by atoms with E-state index in [2.05, 4.69) is 4.98 Å². The molecule has 0 spiro atoms. The van der Waals surface area contributed by atoms with Crippen LogP contribution in [0.25, 0.3) is 10.9 Å². The van der Waals surface area contributed by atoms with Crippen molar-refractivity contribution in [1.82, 2.24) is 4.98 Å². The van der Waals surface area contributed by atoms with Crippen LogP contribution in [-0.2, 0) is 11.2 Å². The number of carboxylic acid groups (broad SMARTS) is 1. The van der Waals surface area contributed by atoms with Gasteiger partial charge < -0.3 is 14.8 Å². The Morgan fingerprint density at radius 2 is 2.16 bits per heavy atom. The van der Waals surface area contributed by atoms with Gasteiger partial charge in [0.05, 0.1) is 12.5 Å². The van der Waals surface area contributed by atoms with E-state index in [0.29, 0.717) is 6.42 Å². The number of aromatic nitrogens is 1. The number of hydrogen-bond donors (Lipinski definition) is 2. The maximum absolute atomic E-state index is 10.6. The maximum atomic E-state index is 10.6. The van der Waals surface area contributed by atoms with Crippen molar-refractivity contribution in [2.24, 2.45) is 0 Å². The molecule has 0 fully saturated rings. The first-order valence-corrected chi connectivity index (χ1v) is 6.47. The molecule has 0 saturated heterocycles. The molecule has 102 valence electrons. The summed E-state index contributed by atoms with van der Waals surface area (Å²) in [4.78, 5) is 13.9. The van der Waals surface area contributed by atoms with Crippen molar-refractivity contribution in [1.29, 1.82) is 0 Å². The van der Waals surface area contributed by atoms with E-state index in [-0.39, 0.29) is 12.5 Å². The number of H-pyrrole nitrogens is 1. The third-order valence-electron chi connectivity index (χ3n) is 3.09. The Hall–Kier alpha value is -1.97. The van der Waals surface area contributed by atoms with Crippen molar-refractivity contribution in [3.63, 3.8) is 0 Å². The van der Waals surface area contributed by atoms with Crippen molar-refractivity contribution in [3.8, 4) is 5.75 Å². The number of aryl methyl sites for hydroxylation is 2. The molecule has 0 atom stereocenters. The lowest BCUT2D eigenvalue weighted by Crippen LogP contribution is -2.05. The topological polar surface area (TPSA) is 62.3 Å². The molecule has 2 rings (SSSR count). The molecule has 2 N–H and O–H groups in total. The molecule has 0 bridgehead atoms. The second-order valence-corrected chi connectivity index (χ2v) is 5.00. The molecule has 4 nitrogen and oxygen atoms in total. The number of nitrogens with one attached hydrogen (secondary N) is 1. The summed E-state index contributed by atoms with van der Waals surface area (Å²) in [5, 5.41) is 9.85. The van der Waals surface area contributed by atoms with Gasteiger partial charge in [0, 0.05) is 16.6 Å². The highest BCUT2D eigenvalue weighted by atomic mass is 16.5. The summed E-state index contributed by atoms with van der Waals surface area (Å²) in [7, 11) is 0. The summed E-state index contributed by atoms with van der Waals surface area (Å²) in [5.74, 6) is 0.0660. The Morgan fingerprint density at radius 1 is 1.42 bits per heavy atom. The minimum atomic E-state index is -0.776. The third-order valence-corrected chi connectivity index (χ3v) is 3.09. The lowest BCUT2D eigenvalue weighted by atomic mass is 10.1. The van der Waals surface area contributed by atoms with Gasteiger partial charge in [0.15, 0.2) is 0 Å². The molecule has 0 unspecified atom stereocenters. The normalized spacial score (nSPS) is 11.2. The Morgan fingerprint density at radius 3 is 2.79 bits per heavy atom. The monoisotopic (exact) mass is 261 g/mol. The molecule has 1 aromatic carbocycles.